The van der Waals surface area contributed by atoms with Crippen molar-refractivity contribution in [1.29, 1.82) is 0 Å². The number of anilines is 1. The Morgan fingerprint density at radius 3 is 2.62 bits per heavy atom. The van der Waals surface area contributed by atoms with E-state index >= 15 is 0 Å². The molecule has 0 saturated heterocycles. The number of thiazole rings is 1. The van der Waals surface area contributed by atoms with Gasteiger partial charge in [-0.05, 0) is 25.1 Å². The van der Waals surface area contributed by atoms with Crippen LogP contribution in [0.5, 0.6) is 0 Å². The lowest BCUT2D eigenvalue weighted by Gasteiger charge is -1.99. The largest absolute Gasteiger partial charge is 0.300 e. The zero-order valence-electron chi connectivity index (χ0n) is 8.42. The van der Waals surface area contributed by atoms with E-state index in [0.717, 1.165) is 17.0 Å². The van der Waals surface area contributed by atoms with Crippen LogP contribution in [-0.4, -0.2) is 4.98 Å². The lowest BCUT2D eigenvalue weighted by atomic mass is 10.1. The summed E-state index contributed by atoms with van der Waals surface area (Å²) < 4.78 is 25.8. The molecule has 84 valence electrons. The highest BCUT2D eigenvalue weighted by Gasteiger charge is 2.11. The van der Waals surface area contributed by atoms with Gasteiger partial charge in [0.25, 0.3) is 0 Å². The summed E-state index contributed by atoms with van der Waals surface area (Å²) in [5.41, 5.74) is 3.57. The Hall–Kier alpha value is -1.53. The predicted octanol–water partition coefficient (Wildman–Crippen LogP) is 2.68. The summed E-state index contributed by atoms with van der Waals surface area (Å²) in [4.78, 5) is 5.05. The average molecular weight is 241 g/mol. The smallest absolute Gasteiger partial charge is 0.197 e. The maximum absolute atomic E-state index is 13.0. The first-order valence-corrected chi connectivity index (χ1v) is 5.33. The molecular weight excluding hydrogens is 232 g/mol. The molecule has 6 heteroatoms. The molecule has 2 rings (SSSR count). The Labute approximate surface area is 94.9 Å². The van der Waals surface area contributed by atoms with Crippen molar-refractivity contribution in [3.8, 4) is 11.3 Å². The number of nitrogens with one attached hydrogen (secondary N) is 1. The molecular formula is C10H9F2N3S. The molecule has 16 heavy (non-hydrogen) atoms. The molecule has 0 bridgehead atoms. The topological polar surface area (TPSA) is 50.9 Å². The zero-order valence-corrected chi connectivity index (χ0v) is 9.24. The third-order valence-corrected chi connectivity index (χ3v) is 3.02. The molecule has 1 aromatic carbocycles. The number of halogens is 2. The van der Waals surface area contributed by atoms with Crippen molar-refractivity contribution in [3.05, 3.63) is 34.7 Å². The van der Waals surface area contributed by atoms with E-state index in [2.05, 4.69) is 10.4 Å². The molecule has 0 atom stereocenters. The fourth-order valence-electron chi connectivity index (χ4n) is 1.37. The van der Waals surface area contributed by atoms with Crippen LogP contribution < -0.4 is 11.3 Å². The monoisotopic (exact) mass is 241 g/mol. The first-order valence-electron chi connectivity index (χ1n) is 4.51. The number of rotatable bonds is 2. The van der Waals surface area contributed by atoms with E-state index < -0.39 is 11.6 Å². The van der Waals surface area contributed by atoms with Crippen LogP contribution in [-0.2, 0) is 0 Å². The second-order valence-corrected chi connectivity index (χ2v) is 4.40. The fraction of sp³-hybridized carbons (Fsp3) is 0.100. The van der Waals surface area contributed by atoms with Crippen molar-refractivity contribution >= 4 is 16.5 Å². The van der Waals surface area contributed by atoms with Gasteiger partial charge in [0.05, 0.1) is 5.69 Å². The van der Waals surface area contributed by atoms with E-state index in [-0.39, 0.29) is 0 Å². The van der Waals surface area contributed by atoms with Crippen LogP contribution in [0.1, 0.15) is 4.88 Å². The van der Waals surface area contributed by atoms with Crippen LogP contribution in [0.3, 0.4) is 0 Å². The summed E-state index contributed by atoms with van der Waals surface area (Å²) in [5.74, 6) is 3.48. The van der Waals surface area contributed by atoms with E-state index in [9.17, 15) is 8.78 Å². The predicted molar refractivity (Wildman–Crippen MR) is 60.0 cm³/mol. The van der Waals surface area contributed by atoms with E-state index in [0.29, 0.717) is 16.4 Å². The summed E-state index contributed by atoms with van der Waals surface area (Å²) in [7, 11) is 0. The molecule has 3 N–H and O–H groups in total. The molecule has 1 heterocycles. The third kappa shape index (κ3) is 1.89. The molecule has 0 saturated carbocycles. The van der Waals surface area contributed by atoms with Crippen LogP contribution >= 0.6 is 11.3 Å². The highest BCUT2D eigenvalue weighted by Crippen LogP contribution is 2.30. The molecule has 2 aromatic rings. The maximum Gasteiger partial charge on any atom is 0.197 e. The van der Waals surface area contributed by atoms with Gasteiger partial charge in [-0.3, -0.25) is 5.43 Å². The van der Waals surface area contributed by atoms with Gasteiger partial charge in [0.1, 0.15) is 0 Å². The fourth-order valence-corrected chi connectivity index (χ4v) is 2.12. The van der Waals surface area contributed by atoms with Gasteiger partial charge in [0.2, 0.25) is 0 Å². The second kappa shape index (κ2) is 4.15. The lowest BCUT2D eigenvalue weighted by molar-refractivity contribution is 0.509. The Balaban J connectivity index is 2.49. The molecule has 1 aromatic heterocycles. The third-order valence-electron chi connectivity index (χ3n) is 2.11. The van der Waals surface area contributed by atoms with Gasteiger partial charge in [-0.15, -0.1) is 11.3 Å². The summed E-state index contributed by atoms with van der Waals surface area (Å²) >= 11 is 1.36. The number of nitrogens with two attached hydrogens (primary N) is 1. The molecule has 0 aliphatic rings. The maximum atomic E-state index is 13.0. The van der Waals surface area contributed by atoms with E-state index in [1.807, 2.05) is 6.92 Å². The minimum absolute atomic E-state index is 0.536. The summed E-state index contributed by atoms with van der Waals surface area (Å²) in [6.45, 7) is 1.84. The molecule has 3 nitrogen and oxygen atoms in total. The zero-order chi connectivity index (χ0) is 11.7. The molecule has 0 spiro atoms. The summed E-state index contributed by atoms with van der Waals surface area (Å²) in [5, 5.41) is 0.539. The highest BCUT2D eigenvalue weighted by molar-refractivity contribution is 7.15. The number of aromatic nitrogens is 1. The molecule has 0 amide bonds. The minimum atomic E-state index is -0.882. The van der Waals surface area contributed by atoms with Crippen molar-refractivity contribution in [2.45, 2.75) is 6.92 Å². The van der Waals surface area contributed by atoms with E-state index in [1.54, 1.807) is 0 Å². The number of aryl methyl sites for hydroxylation is 1. The number of nitrogen functional groups attached to an aromatic ring is 1. The first kappa shape index (κ1) is 11.0. The van der Waals surface area contributed by atoms with Crippen molar-refractivity contribution in [2.24, 2.45) is 5.84 Å². The van der Waals surface area contributed by atoms with Crippen LogP contribution in [0.15, 0.2) is 18.2 Å². The number of benzene rings is 1. The van der Waals surface area contributed by atoms with Crippen molar-refractivity contribution in [2.75, 3.05) is 5.43 Å². The van der Waals surface area contributed by atoms with Crippen LogP contribution in [0, 0.1) is 18.6 Å². The lowest BCUT2D eigenvalue weighted by Crippen LogP contribution is -2.05. The van der Waals surface area contributed by atoms with E-state index in [1.165, 1.54) is 17.4 Å². The van der Waals surface area contributed by atoms with Crippen molar-refractivity contribution < 1.29 is 8.78 Å². The van der Waals surface area contributed by atoms with Gasteiger partial charge >= 0.3 is 0 Å². The Morgan fingerprint density at radius 2 is 2.06 bits per heavy atom. The molecule has 0 aliphatic carbocycles. The number of hydrazine groups is 1. The quantitative estimate of drug-likeness (QED) is 0.627. The Morgan fingerprint density at radius 1 is 1.31 bits per heavy atom. The van der Waals surface area contributed by atoms with E-state index in [4.69, 9.17) is 5.84 Å². The Bertz CT molecular complexity index is 525. The van der Waals surface area contributed by atoms with Gasteiger partial charge in [-0.2, -0.15) is 0 Å². The van der Waals surface area contributed by atoms with Crippen LogP contribution in [0.4, 0.5) is 13.9 Å². The highest BCUT2D eigenvalue weighted by atomic mass is 32.1. The molecule has 0 unspecified atom stereocenters. The van der Waals surface area contributed by atoms with Gasteiger partial charge in [-0.25, -0.2) is 19.6 Å². The average Bonchev–Trinajstić information content (AvgIpc) is 2.64. The van der Waals surface area contributed by atoms with Crippen molar-refractivity contribution in [3.63, 3.8) is 0 Å². The standard InChI is InChI=1S/C10H9F2N3S/c1-5-9(14-10(15-13)16-5)6-2-3-7(11)8(12)4-6/h2-4H,13H2,1H3,(H,14,15). The normalized spacial score (nSPS) is 10.5. The summed E-state index contributed by atoms with van der Waals surface area (Å²) in [6.07, 6.45) is 0. The van der Waals surface area contributed by atoms with Crippen LogP contribution in [0.25, 0.3) is 11.3 Å². The number of hydrogen-bond donors (Lipinski definition) is 2. The molecule has 0 fully saturated rings. The summed E-state index contributed by atoms with van der Waals surface area (Å²) in [6, 6.07) is 3.69. The second-order valence-electron chi connectivity index (χ2n) is 3.20. The van der Waals surface area contributed by atoms with Gasteiger partial charge < -0.3 is 0 Å². The molecule has 0 radical (unpaired) electrons. The van der Waals surface area contributed by atoms with Gasteiger partial charge in [0.15, 0.2) is 16.8 Å². The number of hydrogen-bond acceptors (Lipinski definition) is 4. The number of nitrogens with zero attached hydrogens (tertiary/aromatic N) is 1. The minimum Gasteiger partial charge on any atom is -0.300 e. The van der Waals surface area contributed by atoms with Crippen LogP contribution in [0.2, 0.25) is 0 Å². The van der Waals surface area contributed by atoms with Crippen molar-refractivity contribution in [1.82, 2.24) is 4.98 Å². The molecule has 0 aliphatic heterocycles. The Kier molecular flexibility index (Phi) is 2.84. The van der Waals surface area contributed by atoms with Gasteiger partial charge in [0, 0.05) is 10.4 Å². The SMILES string of the molecule is Cc1sc(NN)nc1-c1ccc(F)c(F)c1. The van der Waals surface area contributed by atoms with Gasteiger partial charge in [-0.1, -0.05) is 0 Å². The first-order chi connectivity index (χ1) is 7.61.